The monoisotopic (exact) mass is 533 g/mol. The van der Waals surface area contributed by atoms with Crippen LogP contribution in [0.3, 0.4) is 0 Å². The summed E-state index contributed by atoms with van der Waals surface area (Å²) in [4.78, 5) is 29.4. The largest absolute Gasteiger partial charge is 0.461 e. The lowest BCUT2D eigenvalue weighted by atomic mass is 9.44. The molecule has 2 heterocycles. The highest BCUT2D eigenvalue weighted by Crippen LogP contribution is 2.68. The minimum Gasteiger partial charge on any atom is -0.461 e. The molecule has 5 fully saturated rings. The number of nitrogens with zero attached hydrogens (tertiary/aromatic N) is 1. The molecule has 3 saturated carbocycles. The van der Waals surface area contributed by atoms with Crippen LogP contribution in [0, 0.1) is 34.0 Å². The fraction of sp³-hybridized carbons (Fsp3) is 0.871. The lowest BCUT2D eigenvalue weighted by molar-refractivity contribution is -0.205. The van der Waals surface area contributed by atoms with Crippen molar-refractivity contribution >= 4 is 23.5 Å². The Labute approximate surface area is 229 Å². The van der Waals surface area contributed by atoms with Crippen LogP contribution < -0.4 is 0 Å². The number of carbonyl (C=O) groups is 2. The fourth-order valence-corrected chi connectivity index (χ4v) is 10.5. The van der Waals surface area contributed by atoms with Gasteiger partial charge in [-0.15, -0.1) is 18.3 Å². The van der Waals surface area contributed by atoms with Crippen molar-refractivity contribution in [2.75, 3.05) is 12.8 Å². The Morgan fingerprint density at radius 1 is 1.19 bits per heavy atom. The fourth-order valence-electron chi connectivity index (χ4n) is 9.38. The highest BCUT2D eigenvalue weighted by molar-refractivity contribution is 8.00. The van der Waals surface area contributed by atoms with E-state index in [-0.39, 0.29) is 36.6 Å². The average molecular weight is 534 g/mol. The molecule has 5 nitrogen and oxygen atoms in total. The van der Waals surface area contributed by atoms with Crippen LogP contribution in [-0.2, 0) is 14.3 Å². The second kappa shape index (κ2) is 10.3. The molecular weight excluding hydrogens is 482 g/mol. The van der Waals surface area contributed by atoms with Crippen LogP contribution >= 0.6 is 11.8 Å². The van der Waals surface area contributed by atoms with Crippen molar-refractivity contribution in [3.63, 3.8) is 0 Å². The molecule has 4 bridgehead atoms. The molecule has 10 atom stereocenters. The van der Waals surface area contributed by atoms with Gasteiger partial charge in [-0.3, -0.25) is 9.59 Å². The first-order valence-corrected chi connectivity index (χ1v) is 15.4. The zero-order valence-corrected chi connectivity index (χ0v) is 23.8. The first kappa shape index (κ1) is 29.1. The van der Waals surface area contributed by atoms with Gasteiger partial charge in [-0.05, 0) is 75.7 Å². The van der Waals surface area contributed by atoms with E-state index in [1.807, 2.05) is 6.08 Å². The van der Waals surface area contributed by atoms with Crippen molar-refractivity contribution in [2.45, 2.75) is 122 Å². The smallest absolute Gasteiger partial charge is 0.316 e. The standard InChI is InChI=1S/C30H47NO4S.CH4/c1-7-28(4)16-24(35-25(33)17-36-22-14-20-8-9-21(15-22)31(20)6)29(5)18(2)10-12-30(19(3)27(28)34)13-11-23(32)26(29)30;/h7,18-22,24,26-27,34H,1,8-17H2,2-6H3;1H4/t18-,19+,20?,21?,22?,24-,26+,27+,28-,29+,30+;/m1./s1. The van der Waals surface area contributed by atoms with E-state index in [0.29, 0.717) is 41.7 Å². The normalized spacial score (nSPS) is 49.4. The van der Waals surface area contributed by atoms with Gasteiger partial charge in [0, 0.05) is 40.5 Å². The number of aliphatic hydroxyl groups excluding tert-OH is 1. The Morgan fingerprint density at radius 2 is 1.84 bits per heavy atom. The molecule has 5 rings (SSSR count). The summed E-state index contributed by atoms with van der Waals surface area (Å²) in [6, 6.07) is 1.31. The number of aliphatic hydroxyl groups is 1. The Hall–Kier alpha value is -0.850. The molecule has 2 unspecified atom stereocenters. The minimum atomic E-state index is -0.619. The third-order valence-electron chi connectivity index (χ3n) is 12.1. The van der Waals surface area contributed by atoms with Gasteiger partial charge in [0.1, 0.15) is 11.9 Å². The lowest BCUT2D eigenvalue weighted by Crippen LogP contribution is -2.63. The van der Waals surface area contributed by atoms with Crippen molar-refractivity contribution in [1.29, 1.82) is 0 Å². The van der Waals surface area contributed by atoms with Crippen molar-refractivity contribution in [2.24, 2.45) is 34.0 Å². The molecule has 2 aliphatic heterocycles. The molecule has 0 amide bonds. The van der Waals surface area contributed by atoms with Crippen LogP contribution in [0.1, 0.15) is 92.9 Å². The predicted octanol–water partition coefficient (Wildman–Crippen LogP) is 5.89. The number of piperidine rings is 1. The van der Waals surface area contributed by atoms with Gasteiger partial charge >= 0.3 is 5.97 Å². The summed E-state index contributed by atoms with van der Waals surface area (Å²) < 4.78 is 6.42. The van der Waals surface area contributed by atoms with E-state index in [0.717, 1.165) is 32.1 Å². The molecule has 0 aromatic rings. The number of rotatable bonds is 5. The van der Waals surface area contributed by atoms with E-state index in [9.17, 15) is 14.7 Å². The van der Waals surface area contributed by atoms with Gasteiger partial charge in [0.15, 0.2) is 0 Å². The number of hydrogen-bond donors (Lipinski definition) is 1. The molecule has 1 N–H and O–H groups in total. The number of fused-ring (bicyclic) bond motifs is 2. The third kappa shape index (κ3) is 4.45. The summed E-state index contributed by atoms with van der Waals surface area (Å²) in [6.07, 6.45) is 9.58. The van der Waals surface area contributed by atoms with Gasteiger partial charge in [0.25, 0.3) is 0 Å². The summed E-state index contributed by atoms with van der Waals surface area (Å²) in [5.41, 5.74) is -1.24. The van der Waals surface area contributed by atoms with E-state index >= 15 is 0 Å². The summed E-state index contributed by atoms with van der Waals surface area (Å²) in [5, 5.41) is 12.2. The van der Waals surface area contributed by atoms with Crippen LogP contribution in [0.2, 0.25) is 0 Å². The lowest BCUT2D eigenvalue weighted by Gasteiger charge is -2.61. The topological polar surface area (TPSA) is 66.8 Å². The number of esters is 1. The average Bonchev–Trinajstić information content (AvgIpc) is 3.28. The molecule has 6 heteroatoms. The van der Waals surface area contributed by atoms with Gasteiger partial charge in [0.2, 0.25) is 0 Å². The Kier molecular flexibility index (Phi) is 8.10. The molecular formula is C31H51NO4S. The molecule has 37 heavy (non-hydrogen) atoms. The van der Waals surface area contributed by atoms with E-state index < -0.39 is 23.0 Å². The highest BCUT2D eigenvalue weighted by atomic mass is 32.2. The van der Waals surface area contributed by atoms with Gasteiger partial charge in [-0.25, -0.2) is 0 Å². The number of carbonyl (C=O) groups excluding carboxylic acids is 2. The number of ether oxygens (including phenoxy) is 1. The number of thioether (sulfide) groups is 1. The zero-order chi connectivity index (χ0) is 26.0. The van der Waals surface area contributed by atoms with Crippen LogP contribution in [0.5, 0.6) is 0 Å². The summed E-state index contributed by atoms with van der Waals surface area (Å²) >= 11 is 1.76. The number of ketones is 1. The summed E-state index contributed by atoms with van der Waals surface area (Å²) in [7, 11) is 2.24. The summed E-state index contributed by atoms with van der Waals surface area (Å²) in [5.74, 6) is 0.605. The second-order valence-electron chi connectivity index (χ2n) is 13.5. The maximum Gasteiger partial charge on any atom is 0.316 e. The molecule has 0 spiro atoms. The maximum atomic E-state index is 13.5. The SMILES string of the molecule is C.C=C[C@]1(C)C[C@@H](OC(=O)CSC2CC3CCC(C2)N3C)[C@]2(C)[C@H](C)CC[C@]3(CCC(=O)[C@H]32)[C@@H](C)[C@@H]1O. The van der Waals surface area contributed by atoms with E-state index in [1.165, 1.54) is 12.8 Å². The van der Waals surface area contributed by atoms with Crippen LogP contribution in [0.15, 0.2) is 12.7 Å². The van der Waals surface area contributed by atoms with Crippen LogP contribution in [0.25, 0.3) is 0 Å². The Morgan fingerprint density at radius 3 is 2.46 bits per heavy atom. The van der Waals surface area contributed by atoms with Gasteiger partial charge in [-0.2, -0.15) is 0 Å². The molecule has 210 valence electrons. The van der Waals surface area contributed by atoms with Crippen LogP contribution in [-0.4, -0.2) is 64.1 Å². The van der Waals surface area contributed by atoms with Crippen molar-refractivity contribution < 1.29 is 19.4 Å². The maximum absolute atomic E-state index is 13.5. The molecule has 2 saturated heterocycles. The zero-order valence-electron chi connectivity index (χ0n) is 23.0. The Balaban J connectivity index is 0.00000320. The number of hydrogen-bond acceptors (Lipinski definition) is 6. The third-order valence-corrected chi connectivity index (χ3v) is 13.3. The van der Waals surface area contributed by atoms with Crippen molar-refractivity contribution in [3.05, 3.63) is 12.7 Å². The van der Waals surface area contributed by atoms with Gasteiger partial charge in [-0.1, -0.05) is 41.2 Å². The minimum absolute atomic E-state index is 0. The van der Waals surface area contributed by atoms with Gasteiger partial charge < -0.3 is 14.7 Å². The first-order chi connectivity index (χ1) is 17.0. The van der Waals surface area contributed by atoms with E-state index in [2.05, 4.69) is 46.2 Å². The predicted molar refractivity (Wildman–Crippen MR) is 151 cm³/mol. The molecule has 5 aliphatic rings. The second-order valence-corrected chi connectivity index (χ2v) is 14.8. The quantitative estimate of drug-likeness (QED) is 0.351. The summed E-state index contributed by atoms with van der Waals surface area (Å²) in [6.45, 7) is 12.8. The Bertz CT molecular complexity index is 896. The molecule has 0 aromatic heterocycles. The van der Waals surface area contributed by atoms with Crippen LogP contribution in [0.4, 0.5) is 0 Å². The molecule has 3 aliphatic carbocycles. The van der Waals surface area contributed by atoms with E-state index in [4.69, 9.17) is 4.74 Å². The number of Topliss-reactive ketones (excluding diaryl/α,β-unsaturated/α-hetero) is 1. The van der Waals surface area contributed by atoms with Crippen molar-refractivity contribution in [1.82, 2.24) is 4.90 Å². The highest BCUT2D eigenvalue weighted by Gasteiger charge is 2.68. The first-order valence-electron chi connectivity index (χ1n) is 14.3. The van der Waals surface area contributed by atoms with Crippen molar-refractivity contribution in [3.8, 4) is 0 Å². The molecule has 0 aromatic carbocycles. The van der Waals surface area contributed by atoms with E-state index in [1.54, 1.807) is 11.8 Å². The van der Waals surface area contributed by atoms with Gasteiger partial charge in [0.05, 0.1) is 11.9 Å². The molecule has 0 radical (unpaired) electrons.